The van der Waals surface area contributed by atoms with E-state index in [9.17, 15) is 4.79 Å². The van der Waals surface area contributed by atoms with Gasteiger partial charge in [0.1, 0.15) is 0 Å². The number of allylic oxidation sites excluding steroid dienone is 1. The van der Waals surface area contributed by atoms with Gasteiger partial charge in [0.05, 0.1) is 0 Å². The molecule has 2 nitrogen and oxygen atoms in total. The lowest BCUT2D eigenvalue weighted by atomic mass is 9.88. The van der Waals surface area contributed by atoms with E-state index in [1.54, 1.807) is 6.08 Å². The molecule has 0 atom stereocenters. The first-order valence-corrected chi connectivity index (χ1v) is 3.90. The summed E-state index contributed by atoms with van der Waals surface area (Å²) in [5.74, 6) is -0.867. The number of hydrogen-bond donors (Lipinski definition) is 1. The van der Waals surface area contributed by atoms with Gasteiger partial charge in [-0.2, -0.15) is 0 Å². The van der Waals surface area contributed by atoms with Crippen molar-refractivity contribution in [1.29, 1.82) is 0 Å². The predicted molar refractivity (Wildman–Crippen MR) is 45.5 cm³/mol. The van der Waals surface area contributed by atoms with Crippen LogP contribution in [-0.2, 0) is 4.79 Å². The Hall–Kier alpha value is -0.790. The first kappa shape index (κ1) is 10.2. The molecule has 0 aliphatic rings. The second kappa shape index (κ2) is 4.16. The van der Waals surface area contributed by atoms with Crippen molar-refractivity contribution < 1.29 is 9.90 Å². The molecular weight excluding hydrogens is 140 g/mol. The van der Waals surface area contributed by atoms with E-state index >= 15 is 0 Å². The molecule has 0 rings (SSSR count). The standard InChI is InChI=1S/C9H16O2/c1-4-6-9(2,3)7-5-8(10)11/h5,7H,4,6H2,1-3H3,(H,10,11)/b7-5+. The molecule has 0 spiro atoms. The van der Waals surface area contributed by atoms with Crippen LogP contribution in [0.1, 0.15) is 33.6 Å². The third-order valence-corrected chi connectivity index (χ3v) is 1.57. The SMILES string of the molecule is CCCC(C)(C)/C=C/C(=O)O. The Morgan fingerprint density at radius 1 is 1.55 bits per heavy atom. The average molecular weight is 156 g/mol. The van der Waals surface area contributed by atoms with Gasteiger partial charge < -0.3 is 5.11 Å². The monoisotopic (exact) mass is 156 g/mol. The van der Waals surface area contributed by atoms with Crippen LogP contribution >= 0.6 is 0 Å². The zero-order valence-corrected chi connectivity index (χ0v) is 7.42. The number of carboxylic acids is 1. The third-order valence-electron chi connectivity index (χ3n) is 1.57. The van der Waals surface area contributed by atoms with Crippen molar-refractivity contribution in [1.82, 2.24) is 0 Å². The topological polar surface area (TPSA) is 37.3 Å². The molecule has 0 aromatic rings. The first-order chi connectivity index (χ1) is 4.98. The molecule has 2 heteroatoms. The van der Waals surface area contributed by atoms with E-state index in [-0.39, 0.29) is 5.41 Å². The van der Waals surface area contributed by atoms with E-state index in [0.717, 1.165) is 12.8 Å². The largest absolute Gasteiger partial charge is 0.478 e. The molecule has 64 valence electrons. The lowest BCUT2D eigenvalue weighted by Gasteiger charge is -2.17. The smallest absolute Gasteiger partial charge is 0.327 e. The normalized spacial score (nSPS) is 12.3. The minimum absolute atomic E-state index is 0.0210. The zero-order valence-electron chi connectivity index (χ0n) is 7.42. The van der Waals surface area contributed by atoms with Gasteiger partial charge in [0.25, 0.3) is 0 Å². The summed E-state index contributed by atoms with van der Waals surface area (Å²) in [6.45, 7) is 6.17. The summed E-state index contributed by atoms with van der Waals surface area (Å²) < 4.78 is 0. The molecule has 0 unspecified atom stereocenters. The molecule has 0 saturated heterocycles. The van der Waals surface area contributed by atoms with Gasteiger partial charge in [-0.05, 0) is 11.8 Å². The van der Waals surface area contributed by atoms with Crippen molar-refractivity contribution in [2.45, 2.75) is 33.6 Å². The highest BCUT2D eigenvalue weighted by Gasteiger charge is 2.11. The molecule has 0 heterocycles. The van der Waals surface area contributed by atoms with E-state index in [1.807, 2.05) is 13.8 Å². The van der Waals surface area contributed by atoms with Crippen LogP contribution in [-0.4, -0.2) is 11.1 Å². The molecule has 1 N–H and O–H groups in total. The number of carbonyl (C=O) groups is 1. The molecule has 0 bridgehead atoms. The molecule has 0 amide bonds. The van der Waals surface area contributed by atoms with Crippen molar-refractivity contribution in [2.75, 3.05) is 0 Å². The fourth-order valence-corrected chi connectivity index (χ4v) is 1.02. The molecule has 0 aromatic heterocycles. The summed E-state index contributed by atoms with van der Waals surface area (Å²) in [7, 11) is 0. The van der Waals surface area contributed by atoms with Crippen molar-refractivity contribution in [3.63, 3.8) is 0 Å². The number of carboxylic acid groups (broad SMARTS) is 1. The van der Waals surface area contributed by atoms with Crippen LogP contribution in [0.2, 0.25) is 0 Å². The third kappa shape index (κ3) is 5.64. The Kier molecular flexibility index (Phi) is 3.86. The van der Waals surface area contributed by atoms with Gasteiger partial charge in [0, 0.05) is 6.08 Å². The second-order valence-corrected chi connectivity index (χ2v) is 3.41. The van der Waals surface area contributed by atoms with Gasteiger partial charge >= 0.3 is 5.97 Å². The molecule has 0 radical (unpaired) electrons. The molecule has 0 aromatic carbocycles. The molecule has 0 aliphatic heterocycles. The Labute approximate surface area is 67.9 Å². The van der Waals surface area contributed by atoms with Gasteiger partial charge in [0.15, 0.2) is 0 Å². The Balaban J connectivity index is 3.99. The first-order valence-electron chi connectivity index (χ1n) is 3.90. The van der Waals surface area contributed by atoms with Crippen LogP contribution in [0.4, 0.5) is 0 Å². The number of rotatable bonds is 4. The summed E-state index contributed by atoms with van der Waals surface area (Å²) in [6.07, 6.45) is 5.07. The zero-order chi connectivity index (χ0) is 8.91. The Bertz CT molecular complexity index is 157. The summed E-state index contributed by atoms with van der Waals surface area (Å²) >= 11 is 0. The quantitative estimate of drug-likeness (QED) is 0.635. The molecule has 0 saturated carbocycles. The van der Waals surface area contributed by atoms with Crippen LogP contribution in [0.3, 0.4) is 0 Å². The van der Waals surface area contributed by atoms with Crippen molar-refractivity contribution in [3.05, 3.63) is 12.2 Å². The summed E-state index contributed by atoms with van der Waals surface area (Å²) in [5, 5.41) is 8.36. The number of aliphatic carboxylic acids is 1. The Morgan fingerprint density at radius 2 is 2.09 bits per heavy atom. The summed E-state index contributed by atoms with van der Waals surface area (Å²) in [5.41, 5.74) is 0.0210. The number of hydrogen-bond acceptors (Lipinski definition) is 1. The van der Waals surface area contributed by atoms with Crippen LogP contribution in [0.15, 0.2) is 12.2 Å². The minimum Gasteiger partial charge on any atom is -0.478 e. The molecular formula is C9H16O2. The fourth-order valence-electron chi connectivity index (χ4n) is 1.02. The van der Waals surface area contributed by atoms with Gasteiger partial charge in [-0.1, -0.05) is 33.3 Å². The van der Waals surface area contributed by atoms with Gasteiger partial charge in [-0.3, -0.25) is 0 Å². The van der Waals surface area contributed by atoms with E-state index in [4.69, 9.17) is 5.11 Å². The van der Waals surface area contributed by atoms with E-state index in [1.165, 1.54) is 6.08 Å². The lowest BCUT2D eigenvalue weighted by molar-refractivity contribution is -0.131. The van der Waals surface area contributed by atoms with Crippen molar-refractivity contribution in [3.8, 4) is 0 Å². The lowest BCUT2D eigenvalue weighted by Crippen LogP contribution is -2.07. The summed E-state index contributed by atoms with van der Waals surface area (Å²) in [6, 6.07) is 0. The highest BCUT2D eigenvalue weighted by molar-refractivity contribution is 5.79. The van der Waals surface area contributed by atoms with Crippen LogP contribution in [0.5, 0.6) is 0 Å². The summed E-state index contributed by atoms with van der Waals surface area (Å²) in [4.78, 5) is 10.2. The maximum atomic E-state index is 10.2. The molecule has 0 fully saturated rings. The highest BCUT2D eigenvalue weighted by atomic mass is 16.4. The van der Waals surface area contributed by atoms with Crippen LogP contribution in [0.25, 0.3) is 0 Å². The van der Waals surface area contributed by atoms with Gasteiger partial charge in [-0.25, -0.2) is 4.79 Å². The van der Waals surface area contributed by atoms with E-state index in [0.29, 0.717) is 0 Å². The maximum absolute atomic E-state index is 10.2. The minimum atomic E-state index is -0.867. The van der Waals surface area contributed by atoms with E-state index in [2.05, 4.69) is 6.92 Å². The fraction of sp³-hybridized carbons (Fsp3) is 0.667. The van der Waals surface area contributed by atoms with Crippen LogP contribution in [0, 0.1) is 5.41 Å². The Morgan fingerprint density at radius 3 is 2.45 bits per heavy atom. The second-order valence-electron chi connectivity index (χ2n) is 3.41. The molecule has 11 heavy (non-hydrogen) atoms. The predicted octanol–water partition coefficient (Wildman–Crippen LogP) is 2.45. The van der Waals surface area contributed by atoms with Gasteiger partial charge in [0.2, 0.25) is 0 Å². The average Bonchev–Trinajstić information content (AvgIpc) is 1.84. The van der Waals surface area contributed by atoms with Crippen molar-refractivity contribution in [2.24, 2.45) is 5.41 Å². The van der Waals surface area contributed by atoms with Crippen molar-refractivity contribution >= 4 is 5.97 Å². The van der Waals surface area contributed by atoms with Crippen LogP contribution < -0.4 is 0 Å². The highest BCUT2D eigenvalue weighted by Crippen LogP contribution is 2.23. The van der Waals surface area contributed by atoms with E-state index < -0.39 is 5.97 Å². The maximum Gasteiger partial charge on any atom is 0.327 e. The van der Waals surface area contributed by atoms with Gasteiger partial charge in [-0.15, -0.1) is 0 Å². The molecule has 0 aliphatic carbocycles.